The lowest BCUT2D eigenvalue weighted by molar-refractivity contribution is -0.208. The predicted octanol–water partition coefficient (Wildman–Crippen LogP) is 3.89. The van der Waals surface area contributed by atoms with E-state index in [2.05, 4.69) is 20.7 Å². The number of hydrogen-bond acceptors (Lipinski definition) is 7. The maximum atomic E-state index is 13.3. The normalized spacial score (nSPS) is 16.7. The summed E-state index contributed by atoms with van der Waals surface area (Å²) in [5.74, 6) is -2.35. The maximum absolute atomic E-state index is 13.3. The summed E-state index contributed by atoms with van der Waals surface area (Å²) in [5.41, 5.74) is 0.890. The lowest BCUT2D eigenvalue weighted by Gasteiger charge is -2.19. The molecule has 43 heavy (non-hydrogen) atoms. The first kappa shape index (κ1) is 30.3. The van der Waals surface area contributed by atoms with Gasteiger partial charge in [-0.2, -0.15) is 18.3 Å². The number of aliphatic hydroxyl groups excluding tert-OH is 1. The van der Waals surface area contributed by atoms with Crippen molar-refractivity contribution in [1.29, 1.82) is 0 Å². The van der Waals surface area contributed by atoms with Gasteiger partial charge in [0, 0.05) is 17.2 Å². The molecule has 0 aliphatic heterocycles. The summed E-state index contributed by atoms with van der Waals surface area (Å²) in [6, 6.07) is 6.65. The second-order valence-electron chi connectivity index (χ2n) is 11.5. The Bertz CT molecular complexity index is 1500. The van der Waals surface area contributed by atoms with Gasteiger partial charge < -0.3 is 25.3 Å². The van der Waals surface area contributed by atoms with Crippen LogP contribution < -0.4 is 10.6 Å². The zero-order valence-corrected chi connectivity index (χ0v) is 23.5. The molecule has 3 aromatic rings. The zero-order chi connectivity index (χ0) is 31.1. The van der Waals surface area contributed by atoms with Crippen molar-refractivity contribution >= 4 is 17.8 Å². The SMILES string of the molecule is CC(C)C(NC(=O)c1cnc(-c2cccc(-c3cc(C(=O)NC(C4CC4)C4CC4)n(CC(O)C(F)(F)F)n3)c2)o1)C(=O)O. The number of aliphatic carboxylic acids is 1. The molecule has 230 valence electrons. The van der Waals surface area contributed by atoms with E-state index in [-0.39, 0.29) is 35.0 Å². The van der Waals surface area contributed by atoms with Gasteiger partial charge in [0.15, 0.2) is 6.10 Å². The fourth-order valence-corrected chi connectivity index (χ4v) is 4.95. The van der Waals surface area contributed by atoms with Crippen LogP contribution in [-0.4, -0.2) is 67.1 Å². The van der Waals surface area contributed by atoms with Crippen molar-refractivity contribution in [2.75, 3.05) is 0 Å². The molecule has 1 aromatic carbocycles. The molecule has 0 radical (unpaired) electrons. The molecular weight excluding hydrogens is 571 g/mol. The molecule has 0 bridgehead atoms. The van der Waals surface area contributed by atoms with Crippen LogP contribution in [0.1, 0.15) is 60.6 Å². The van der Waals surface area contributed by atoms with Crippen molar-refractivity contribution in [2.45, 2.75) is 70.4 Å². The first-order valence-electron chi connectivity index (χ1n) is 14.1. The molecule has 2 heterocycles. The van der Waals surface area contributed by atoms with E-state index in [1.807, 2.05) is 0 Å². The van der Waals surface area contributed by atoms with Crippen LogP contribution in [0, 0.1) is 17.8 Å². The number of rotatable bonds is 12. The van der Waals surface area contributed by atoms with Crippen molar-refractivity contribution in [3.8, 4) is 22.7 Å². The molecule has 2 fully saturated rings. The molecule has 2 unspecified atom stereocenters. The van der Waals surface area contributed by atoms with E-state index >= 15 is 0 Å². The number of carboxylic acids is 1. The minimum atomic E-state index is -4.90. The maximum Gasteiger partial charge on any atom is 0.416 e. The highest BCUT2D eigenvalue weighted by molar-refractivity contribution is 5.95. The van der Waals surface area contributed by atoms with Crippen molar-refractivity contribution in [1.82, 2.24) is 25.4 Å². The molecule has 2 aromatic heterocycles. The van der Waals surface area contributed by atoms with E-state index in [1.165, 1.54) is 6.07 Å². The van der Waals surface area contributed by atoms with Crippen molar-refractivity contribution in [3.05, 3.63) is 48.0 Å². The topological polar surface area (TPSA) is 160 Å². The van der Waals surface area contributed by atoms with Crippen LogP contribution in [0.3, 0.4) is 0 Å². The van der Waals surface area contributed by atoms with Crippen LogP contribution in [0.4, 0.5) is 13.2 Å². The number of amides is 2. The molecular formula is C29H32F3N5O6. The summed E-state index contributed by atoms with van der Waals surface area (Å²) in [4.78, 5) is 41.4. The second-order valence-corrected chi connectivity index (χ2v) is 11.5. The van der Waals surface area contributed by atoms with Crippen molar-refractivity contribution < 1.29 is 42.2 Å². The standard InChI is InChI=1S/C29H32F3N5O6/c1-14(2)23(28(41)42)34-26(40)21-12-33-27(43-21)18-5-3-4-17(10-18)19-11-20(37(36-19)13-22(38)29(30,31)32)25(39)35-24(15-6-7-15)16-8-9-16/h3-5,10-12,14-16,22-24,38H,6-9,13H2,1-2H3,(H,34,40)(H,35,39)(H,41,42). The largest absolute Gasteiger partial charge is 0.480 e. The van der Waals surface area contributed by atoms with Gasteiger partial charge in [0.25, 0.3) is 11.8 Å². The number of hydrogen-bond donors (Lipinski definition) is 4. The van der Waals surface area contributed by atoms with E-state index in [1.54, 1.807) is 38.1 Å². The van der Waals surface area contributed by atoms with Crippen molar-refractivity contribution in [3.63, 3.8) is 0 Å². The Kier molecular flexibility index (Phi) is 8.32. The molecule has 2 aliphatic rings. The summed E-state index contributed by atoms with van der Waals surface area (Å²) < 4.78 is 46.1. The van der Waals surface area contributed by atoms with Crippen LogP contribution in [-0.2, 0) is 11.3 Å². The summed E-state index contributed by atoms with van der Waals surface area (Å²) in [5, 5.41) is 28.7. The van der Waals surface area contributed by atoms with Gasteiger partial charge in [-0.25, -0.2) is 9.78 Å². The number of aliphatic hydroxyl groups is 1. The molecule has 4 N–H and O–H groups in total. The van der Waals surface area contributed by atoms with Crippen LogP contribution in [0.15, 0.2) is 40.9 Å². The van der Waals surface area contributed by atoms with E-state index in [4.69, 9.17) is 4.42 Å². The number of alkyl halides is 3. The average molecular weight is 604 g/mol. The summed E-state index contributed by atoms with van der Waals surface area (Å²) in [6.07, 6.45) is -2.50. The number of nitrogens with zero attached hydrogens (tertiary/aromatic N) is 3. The van der Waals surface area contributed by atoms with E-state index in [0.29, 0.717) is 23.0 Å². The molecule has 2 amide bonds. The molecule has 0 saturated heterocycles. The highest BCUT2D eigenvalue weighted by Crippen LogP contribution is 2.44. The molecule has 11 nitrogen and oxygen atoms in total. The van der Waals surface area contributed by atoms with Gasteiger partial charge in [-0.3, -0.25) is 14.3 Å². The Labute approximate surface area is 244 Å². The highest BCUT2D eigenvalue weighted by Gasteiger charge is 2.43. The Hall–Kier alpha value is -4.20. The molecule has 0 spiro atoms. The molecule has 2 atom stereocenters. The minimum Gasteiger partial charge on any atom is -0.480 e. The lowest BCUT2D eigenvalue weighted by atomic mass is 10.0. The van der Waals surface area contributed by atoms with Crippen LogP contribution in [0.25, 0.3) is 22.7 Å². The van der Waals surface area contributed by atoms with Crippen LogP contribution in [0.5, 0.6) is 0 Å². The number of oxazole rings is 1. The monoisotopic (exact) mass is 603 g/mol. The number of carbonyl (C=O) groups is 3. The van der Waals surface area contributed by atoms with Crippen LogP contribution in [0.2, 0.25) is 0 Å². The van der Waals surface area contributed by atoms with Gasteiger partial charge in [-0.15, -0.1) is 0 Å². The fraction of sp³-hybridized carbons (Fsp3) is 0.483. The molecule has 5 rings (SSSR count). The lowest BCUT2D eigenvalue weighted by Crippen LogP contribution is -2.44. The van der Waals surface area contributed by atoms with Gasteiger partial charge in [0.2, 0.25) is 11.7 Å². The number of carbonyl (C=O) groups excluding carboxylic acids is 2. The molecule has 2 saturated carbocycles. The summed E-state index contributed by atoms with van der Waals surface area (Å²) >= 11 is 0. The summed E-state index contributed by atoms with van der Waals surface area (Å²) in [6.45, 7) is 2.33. The average Bonchev–Trinajstić information content (AvgIpc) is 3.88. The van der Waals surface area contributed by atoms with E-state index in [0.717, 1.165) is 36.6 Å². The Morgan fingerprint density at radius 3 is 2.28 bits per heavy atom. The molecule has 14 heteroatoms. The number of carboxylic acid groups (broad SMARTS) is 1. The number of benzene rings is 1. The quantitative estimate of drug-likeness (QED) is 0.243. The molecule has 2 aliphatic carbocycles. The highest BCUT2D eigenvalue weighted by atomic mass is 19.4. The van der Waals surface area contributed by atoms with Gasteiger partial charge in [-0.05, 0) is 61.6 Å². The fourth-order valence-electron chi connectivity index (χ4n) is 4.95. The van der Waals surface area contributed by atoms with Crippen LogP contribution >= 0.6 is 0 Å². The third-order valence-electron chi connectivity index (χ3n) is 7.65. The number of nitrogens with one attached hydrogen (secondary N) is 2. The third-order valence-corrected chi connectivity index (χ3v) is 7.65. The van der Waals surface area contributed by atoms with Gasteiger partial charge in [0.1, 0.15) is 11.7 Å². The van der Waals surface area contributed by atoms with Gasteiger partial charge in [-0.1, -0.05) is 26.0 Å². The Balaban J connectivity index is 1.40. The first-order chi connectivity index (χ1) is 20.3. The van der Waals surface area contributed by atoms with Crippen molar-refractivity contribution in [2.24, 2.45) is 17.8 Å². The Morgan fingerprint density at radius 1 is 1.05 bits per heavy atom. The Morgan fingerprint density at radius 2 is 1.70 bits per heavy atom. The third kappa shape index (κ3) is 7.07. The minimum absolute atomic E-state index is 0.0324. The smallest absolute Gasteiger partial charge is 0.416 e. The second kappa shape index (κ2) is 11.8. The predicted molar refractivity (Wildman–Crippen MR) is 146 cm³/mol. The van der Waals surface area contributed by atoms with Gasteiger partial charge in [0.05, 0.1) is 18.4 Å². The number of aromatic nitrogens is 3. The first-order valence-corrected chi connectivity index (χ1v) is 14.1. The van der Waals surface area contributed by atoms with E-state index < -0.39 is 42.7 Å². The van der Waals surface area contributed by atoms with Gasteiger partial charge >= 0.3 is 12.1 Å². The van der Waals surface area contributed by atoms with E-state index in [9.17, 15) is 37.8 Å². The number of halogens is 3. The zero-order valence-electron chi connectivity index (χ0n) is 23.5. The summed E-state index contributed by atoms with van der Waals surface area (Å²) in [7, 11) is 0.